The van der Waals surface area contributed by atoms with Gasteiger partial charge in [-0.05, 0) is 43.7 Å². The van der Waals surface area contributed by atoms with Gasteiger partial charge < -0.3 is 14.9 Å². The summed E-state index contributed by atoms with van der Waals surface area (Å²) in [6, 6.07) is 0. The summed E-state index contributed by atoms with van der Waals surface area (Å²) < 4.78 is 9.27. The molecule has 2 unspecified atom stereocenters. The van der Waals surface area contributed by atoms with Gasteiger partial charge in [-0.3, -0.25) is 0 Å². The summed E-state index contributed by atoms with van der Waals surface area (Å²) in [7, 11) is 1.32. The van der Waals surface area contributed by atoms with E-state index in [0.29, 0.717) is 18.4 Å². The summed E-state index contributed by atoms with van der Waals surface area (Å²) in [5.41, 5.74) is 0. The van der Waals surface area contributed by atoms with Crippen molar-refractivity contribution in [2.75, 3.05) is 13.7 Å². The molecule has 0 radical (unpaired) electrons. The van der Waals surface area contributed by atoms with Crippen LogP contribution in [0.3, 0.4) is 0 Å². The van der Waals surface area contributed by atoms with Crippen molar-refractivity contribution >= 4 is 12.4 Å². The minimum Gasteiger partial charge on any atom is -0.438 e. The highest BCUT2D eigenvalue weighted by atomic mass is 16.7. The fourth-order valence-electron chi connectivity index (χ4n) is 2.55. The van der Waals surface area contributed by atoms with E-state index in [1.54, 1.807) is 6.21 Å². The molecule has 2 atom stereocenters. The topological polar surface area (TPSA) is 59.4 Å². The van der Waals surface area contributed by atoms with Gasteiger partial charge in [-0.1, -0.05) is 19.3 Å². The monoisotopic (exact) mass is 241 g/mol. The van der Waals surface area contributed by atoms with Crippen LogP contribution in [-0.2, 0) is 9.47 Å². The highest BCUT2D eigenvalue weighted by molar-refractivity contribution is 5.59. The second-order valence-electron chi connectivity index (χ2n) is 4.67. The van der Waals surface area contributed by atoms with Crippen molar-refractivity contribution in [3.05, 3.63) is 0 Å². The van der Waals surface area contributed by atoms with E-state index in [-0.39, 0.29) is 0 Å². The third kappa shape index (κ3) is 5.20. The maximum absolute atomic E-state index is 10.8. The number of carbonyl (C=O) groups excluding carboxylic acids is 1. The Morgan fingerprint density at radius 3 is 2.82 bits per heavy atom. The van der Waals surface area contributed by atoms with E-state index < -0.39 is 6.16 Å². The van der Waals surface area contributed by atoms with Crippen LogP contribution in [0.25, 0.3) is 0 Å². The van der Waals surface area contributed by atoms with Crippen LogP contribution in [0.4, 0.5) is 4.79 Å². The van der Waals surface area contributed by atoms with Crippen LogP contribution in [0.1, 0.15) is 44.9 Å². The van der Waals surface area contributed by atoms with Gasteiger partial charge >= 0.3 is 6.16 Å². The molecule has 1 rings (SSSR count). The van der Waals surface area contributed by atoms with Crippen LogP contribution in [-0.4, -0.2) is 26.1 Å². The molecular formula is C13H23NO3. The quantitative estimate of drug-likeness (QED) is 0.347. The number of nitrogens with one attached hydrogen (secondary N) is 1. The second kappa shape index (κ2) is 8.09. The van der Waals surface area contributed by atoms with E-state index >= 15 is 0 Å². The average Bonchev–Trinajstić information content (AvgIpc) is 2.59. The smallest absolute Gasteiger partial charge is 0.438 e. The van der Waals surface area contributed by atoms with E-state index in [2.05, 4.69) is 4.74 Å². The third-order valence-electron chi connectivity index (χ3n) is 3.54. The molecule has 0 heterocycles. The molecule has 4 nitrogen and oxygen atoms in total. The number of methoxy groups -OCH3 is 1. The molecule has 0 aromatic rings. The van der Waals surface area contributed by atoms with E-state index in [1.807, 2.05) is 0 Å². The lowest BCUT2D eigenvalue weighted by molar-refractivity contribution is 0.0699. The van der Waals surface area contributed by atoms with Crippen LogP contribution in [0.5, 0.6) is 0 Å². The molecule has 1 fully saturated rings. The van der Waals surface area contributed by atoms with E-state index in [9.17, 15) is 4.79 Å². The van der Waals surface area contributed by atoms with Gasteiger partial charge in [0.1, 0.15) is 0 Å². The maximum atomic E-state index is 10.8. The summed E-state index contributed by atoms with van der Waals surface area (Å²) in [5, 5.41) is 7.47. The normalized spacial score (nSPS) is 24.8. The molecule has 1 aliphatic carbocycles. The Labute approximate surface area is 103 Å². The molecular weight excluding hydrogens is 218 g/mol. The SMILES string of the molecule is COC(=O)OCCCC1CCCCCC1C=N. The molecule has 98 valence electrons. The molecule has 1 saturated carbocycles. The fraction of sp³-hybridized carbons (Fsp3) is 0.846. The molecule has 0 bridgehead atoms. The first-order valence-corrected chi connectivity index (χ1v) is 6.49. The lowest BCUT2D eigenvalue weighted by Gasteiger charge is -2.20. The summed E-state index contributed by atoms with van der Waals surface area (Å²) in [5.74, 6) is 1.02. The Bertz CT molecular complexity index is 243. The van der Waals surface area contributed by atoms with Crippen LogP contribution in [0.15, 0.2) is 0 Å². The van der Waals surface area contributed by atoms with Crippen LogP contribution >= 0.6 is 0 Å². The van der Waals surface area contributed by atoms with E-state index in [4.69, 9.17) is 10.1 Å². The van der Waals surface area contributed by atoms with Crippen molar-refractivity contribution in [1.82, 2.24) is 0 Å². The zero-order valence-electron chi connectivity index (χ0n) is 10.6. The predicted octanol–water partition coefficient (Wildman–Crippen LogP) is 3.40. The van der Waals surface area contributed by atoms with Crippen LogP contribution < -0.4 is 0 Å². The first-order valence-electron chi connectivity index (χ1n) is 6.49. The Balaban J connectivity index is 2.23. The summed E-state index contributed by atoms with van der Waals surface area (Å²) in [6.07, 6.45) is 9.07. The van der Waals surface area contributed by atoms with E-state index in [0.717, 1.165) is 19.3 Å². The average molecular weight is 241 g/mol. The van der Waals surface area contributed by atoms with Gasteiger partial charge in [-0.25, -0.2) is 4.79 Å². The lowest BCUT2D eigenvalue weighted by atomic mass is 9.85. The molecule has 0 aliphatic heterocycles. The first-order chi connectivity index (χ1) is 8.27. The van der Waals surface area contributed by atoms with Gasteiger partial charge in [-0.2, -0.15) is 0 Å². The molecule has 0 aromatic carbocycles. The van der Waals surface area contributed by atoms with Gasteiger partial charge in [0.25, 0.3) is 0 Å². The number of carbonyl (C=O) groups is 1. The fourth-order valence-corrected chi connectivity index (χ4v) is 2.55. The van der Waals surface area contributed by atoms with Gasteiger partial charge in [0.05, 0.1) is 13.7 Å². The summed E-state index contributed by atoms with van der Waals surface area (Å²) >= 11 is 0. The van der Waals surface area contributed by atoms with Crippen LogP contribution in [0, 0.1) is 17.2 Å². The second-order valence-corrected chi connectivity index (χ2v) is 4.67. The summed E-state index contributed by atoms with van der Waals surface area (Å²) in [6.45, 7) is 0.424. The number of ether oxygens (including phenoxy) is 2. The third-order valence-corrected chi connectivity index (χ3v) is 3.54. The van der Waals surface area contributed by atoms with Crippen LogP contribution in [0.2, 0.25) is 0 Å². The van der Waals surface area contributed by atoms with Crippen molar-refractivity contribution in [3.8, 4) is 0 Å². The number of hydrogen-bond acceptors (Lipinski definition) is 4. The molecule has 4 heteroatoms. The Hall–Kier alpha value is -1.06. The Morgan fingerprint density at radius 1 is 1.35 bits per heavy atom. The van der Waals surface area contributed by atoms with Crippen molar-refractivity contribution in [3.63, 3.8) is 0 Å². The van der Waals surface area contributed by atoms with Gasteiger partial charge in [-0.15, -0.1) is 0 Å². The van der Waals surface area contributed by atoms with Gasteiger partial charge in [0.15, 0.2) is 0 Å². The lowest BCUT2D eigenvalue weighted by Crippen LogP contribution is -2.16. The van der Waals surface area contributed by atoms with Crippen molar-refractivity contribution in [2.45, 2.75) is 44.9 Å². The highest BCUT2D eigenvalue weighted by Crippen LogP contribution is 2.30. The molecule has 0 aromatic heterocycles. The number of rotatable bonds is 5. The van der Waals surface area contributed by atoms with Crippen molar-refractivity contribution in [2.24, 2.45) is 11.8 Å². The zero-order chi connectivity index (χ0) is 12.5. The minimum absolute atomic E-state index is 0.424. The molecule has 0 amide bonds. The molecule has 1 N–H and O–H groups in total. The van der Waals surface area contributed by atoms with Crippen molar-refractivity contribution in [1.29, 1.82) is 5.41 Å². The van der Waals surface area contributed by atoms with Gasteiger partial charge in [0, 0.05) is 0 Å². The predicted molar refractivity (Wildman–Crippen MR) is 66.4 cm³/mol. The molecule has 0 saturated heterocycles. The molecule has 17 heavy (non-hydrogen) atoms. The zero-order valence-corrected chi connectivity index (χ0v) is 10.6. The minimum atomic E-state index is -0.602. The van der Waals surface area contributed by atoms with Gasteiger partial charge in [0.2, 0.25) is 0 Å². The maximum Gasteiger partial charge on any atom is 0.507 e. The number of hydrogen-bond donors (Lipinski definition) is 1. The summed E-state index contributed by atoms with van der Waals surface area (Å²) in [4.78, 5) is 10.8. The first kappa shape index (κ1) is 14.0. The Morgan fingerprint density at radius 2 is 2.12 bits per heavy atom. The molecule has 1 aliphatic rings. The van der Waals surface area contributed by atoms with Crippen molar-refractivity contribution < 1.29 is 14.3 Å². The highest BCUT2D eigenvalue weighted by Gasteiger charge is 2.21. The molecule has 0 spiro atoms. The largest absolute Gasteiger partial charge is 0.507 e. The standard InChI is InChI=1S/C13H23NO3/c1-16-13(15)17-9-5-8-11-6-3-2-4-7-12(11)10-14/h10-12,14H,2-9H2,1H3. The van der Waals surface area contributed by atoms with E-state index in [1.165, 1.54) is 32.8 Å². The Kier molecular flexibility index (Phi) is 6.67.